The number of fused-ring (bicyclic) bond motifs is 1. The van der Waals surface area contributed by atoms with Gasteiger partial charge < -0.3 is 9.64 Å². The van der Waals surface area contributed by atoms with Crippen molar-refractivity contribution in [3.05, 3.63) is 54.2 Å². The zero-order valence-corrected chi connectivity index (χ0v) is 14.9. The summed E-state index contributed by atoms with van der Waals surface area (Å²) in [6, 6.07) is 12.2. The highest BCUT2D eigenvalue weighted by Gasteiger charge is 2.20. The normalized spacial score (nSPS) is 14.8. The van der Waals surface area contributed by atoms with Crippen molar-refractivity contribution in [1.29, 1.82) is 0 Å². The van der Waals surface area contributed by atoms with E-state index in [0.29, 0.717) is 0 Å². The van der Waals surface area contributed by atoms with Crippen LogP contribution >= 0.6 is 11.3 Å². The predicted molar refractivity (Wildman–Crippen MR) is 103 cm³/mol. The Balaban J connectivity index is 1.72. The van der Waals surface area contributed by atoms with E-state index in [9.17, 15) is 0 Å². The van der Waals surface area contributed by atoms with Crippen molar-refractivity contribution in [3.8, 4) is 21.8 Å². The fourth-order valence-electron chi connectivity index (χ4n) is 3.24. The van der Waals surface area contributed by atoms with Crippen LogP contribution < -0.4 is 4.90 Å². The Bertz CT molecular complexity index is 1020. The number of pyridine rings is 1. The third kappa shape index (κ3) is 2.65. The maximum absolute atomic E-state index is 5.46. The Morgan fingerprint density at radius 1 is 1.00 bits per heavy atom. The van der Waals surface area contributed by atoms with Crippen molar-refractivity contribution in [3.63, 3.8) is 0 Å². The molecule has 6 nitrogen and oxygen atoms in total. The molecule has 0 bridgehead atoms. The van der Waals surface area contributed by atoms with Crippen LogP contribution in [0.4, 0.5) is 5.82 Å². The number of thiophene rings is 1. The highest BCUT2D eigenvalue weighted by atomic mass is 32.1. The Morgan fingerprint density at radius 2 is 1.85 bits per heavy atom. The second kappa shape index (κ2) is 6.51. The zero-order valence-electron chi connectivity index (χ0n) is 14.1. The number of ether oxygens (including phenoxy) is 1. The molecule has 0 spiro atoms. The van der Waals surface area contributed by atoms with Crippen LogP contribution in [-0.4, -0.2) is 45.9 Å². The molecule has 0 amide bonds. The van der Waals surface area contributed by atoms with E-state index < -0.39 is 0 Å². The summed E-state index contributed by atoms with van der Waals surface area (Å²) in [5.41, 5.74) is 3.86. The molecule has 26 heavy (non-hydrogen) atoms. The number of imidazole rings is 1. The molecule has 4 aromatic heterocycles. The van der Waals surface area contributed by atoms with Gasteiger partial charge in [0.25, 0.3) is 0 Å². The third-order valence-electron chi connectivity index (χ3n) is 4.51. The lowest BCUT2D eigenvalue weighted by Crippen LogP contribution is -2.37. The number of morpholine rings is 1. The smallest absolute Gasteiger partial charge is 0.155 e. The second-order valence-electron chi connectivity index (χ2n) is 6.08. The van der Waals surface area contributed by atoms with Crippen LogP contribution in [0, 0.1) is 0 Å². The van der Waals surface area contributed by atoms with E-state index in [0.717, 1.165) is 59.6 Å². The fraction of sp³-hybridized carbons (Fsp3) is 0.211. The van der Waals surface area contributed by atoms with Gasteiger partial charge in [-0.2, -0.15) is 0 Å². The largest absolute Gasteiger partial charge is 0.378 e. The number of nitrogens with zero attached hydrogens (tertiary/aromatic N) is 5. The molecule has 1 fully saturated rings. The molecule has 0 atom stereocenters. The van der Waals surface area contributed by atoms with Gasteiger partial charge >= 0.3 is 0 Å². The maximum atomic E-state index is 5.46. The van der Waals surface area contributed by atoms with Crippen molar-refractivity contribution in [2.45, 2.75) is 0 Å². The Hall–Kier alpha value is -2.77. The molecule has 0 aliphatic carbocycles. The molecular formula is C19H17N5OS. The molecule has 0 unspecified atom stereocenters. The summed E-state index contributed by atoms with van der Waals surface area (Å²) in [5.74, 6) is 0.950. The molecule has 1 aliphatic heterocycles. The van der Waals surface area contributed by atoms with Gasteiger partial charge in [0.15, 0.2) is 5.65 Å². The minimum Gasteiger partial charge on any atom is -0.378 e. The summed E-state index contributed by atoms with van der Waals surface area (Å²) >= 11 is 1.69. The molecule has 5 rings (SSSR count). The van der Waals surface area contributed by atoms with Gasteiger partial charge in [-0.25, -0.2) is 9.50 Å². The predicted octanol–water partition coefficient (Wildman–Crippen LogP) is 3.36. The van der Waals surface area contributed by atoms with Crippen molar-refractivity contribution in [2.24, 2.45) is 0 Å². The van der Waals surface area contributed by atoms with Gasteiger partial charge in [-0.3, -0.25) is 4.98 Å². The van der Waals surface area contributed by atoms with Crippen molar-refractivity contribution in [2.75, 3.05) is 31.2 Å². The van der Waals surface area contributed by atoms with Crippen LogP contribution in [0.15, 0.2) is 54.2 Å². The average molecular weight is 363 g/mol. The van der Waals surface area contributed by atoms with Gasteiger partial charge in [0.2, 0.25) is 0 Å². The molecule has 0 aromatic carbocycles. The molecule has 4 aromatic rings. The van der Waals surface area contributed by atoms with Crippen molar-refractivity contribution in [1.82, 2.24) is 19.6 Å². The van der Waals surface area contributed by atoms with Gasteiger partial charge in [-0.15, -0.1) is 16.4 Å². The first kappa shape index (κ1) is 15.5. The molecule has 1 saturated heterocycles. The minimum atomic E-state index is 0.737. The third-order valence-corrected chi connectivity index (χ3v) is 5.38. The number of rotatable bonds is 3. The van der Waals surface area contributed by atoms with Crippen molar-refractivity contribution >= 4 is 22.8 Å². The zero-order chi connectivity index (χ0) is 17.3. The number of anilines is 1. The highest BCUT2D eigenvalue weighted by Crippen LogP contribution is 2.34. The molecule has 0 N–H and O–H groups in total. The Kier molecular flexibility index (Phi) is 3.88. The van der Waals surface area contributed by atoms with E-state index in [1.165, 1.54) is 0 Å². The minimum absolute atomic E-state index is 0.737. The Morgan fingerprint density at radius 3 is 2.62 bits per heavy atom. The van der Waals surface area contributed by atoms with Crippen LogP contribution in [-0.2, 0) is 4.74 Å². The van der Waals surface area contributed by atoms with Crippen LogP contribution in [0.1, 0.15) is 0 Å². The summed E-state index contributed by atoms with van der Waals surface area (Å²) in [4.78, 5) is 12.4. The lowest BCUT2D eigenvalue weighted by molar-refractivity contribution is 0.122. The van der Waals surface area contributed by atoms with E-state index in [4.69, 9.17) is 14.8 Å². The molecule has 130 valence electrons. The van der Waals surface area contributed by atoms with Crippen LogP contribution in [0.5, 0.6) is 0 Å². The Labute approximate surface area is 154 Å². The van der Waals surface area contributed by atoms with Gasteiger partial charge in [-0.1, -0.05) is 6.07 Å². The average Bonchev–Trinajstić information content (AvgIpc) is 3.36. The topological polar surface area (TPSA) is 55.5 Å². The van der Waals surface area contributed by atoms with Crippen LogP contribution in [0.25, 0.3) is 27.5 Å². The summed E-state index contributed by atoms with van der Waals surface area (Å²) in [6.07, 6.45) is 3.61. The molecule has 5 heterocycles. The van der Waals surface area contributed by atoms with Crippen LogP contribution in [0.3, 0.4) is 0 Å². The summed E-state index contributed by atoms with van der Waals surface area (Å²) in [5, 5.41) is 6.99. The van der Waals surface area contributed by atoms with E-state index in [2.05, 4.69) is 21.3 Å². The monoisotopic (exact) mass is 363 g/mol. The molecule has 1 aliphatic rings. The number of hydrogen-bond acceptors (Lipinski definition) is 6. The molecular weight excluding hydrogens is 346 g/mol. The van der Waals surface area contributed by atoms with Crippen LogP contribution in [0.2, 0.25) is 0 Å². The SMILES string of the molecule is c1csc(-c2nc3ccc(N4CCOCC4)nn3c2-c2ccncc2)c1. The standard InChI is InChI=1S/C19H17N5OS/c1-2-15(26-13-1)18-19(14-5-7-20-8-6-14)24-16(21-18)3-4-17(22-24)23-9-11-25-12-10-23/h1-8,13H,9-12H2. The van der Waals surface area contributed by atoms with Gasteiger partial charge in [0, 0.05) is 31.0 Å². The van der Waals surface area contributed by atoms with E-state index in [1.54, 1.807) is 23.7 Å². The summed E-state index contributed by atoms with van der Waals surface area (Å²) in [7, 11) is 0. The van der Waals surface area contributed by atoms with Gasteiger partial charge in [0.1, 0.15) is 17.2 Å². The lowest BCUT2D eigenvalue weighted by Gasteiger charge is -2.27. The van der Waals surface area contributed by atoms with Crippen molar-refractivity contribution < 1.29 is 4.74 Å². The van der Waals surface area contributed by atoms with E-state index >= 15 is 0 Å². The quantitative estimate of drug-likeness (QED) is 0.559. The highest BCUT2D eigenvalue weighted by molar-refractivity contribution is 7.13. The van der Waals surface area contributed by atoms with Gasteiger partial charge in [-0.05, 0) is 35.7 Å². The summed E-state index contributed by atoms with van der Waals surface area (Å²) in [6.45, 7) is 3.19. The fourth-order valence-corrected chi connectivity index (χ4v) is 3.95. The number of aromatic nitrogens is 4. The second-order valence-corrected chi connectivity index (χ2v) is 7.03. The number of hydrogen-bond donors (Lipinski definition) is 0. The lowest BCUT2D eigenvalue weighted by atomic mass is 10.1. The first-order valence-corrected chi connectivity index (χ1v) is 9.45. The maximum Gasteiger partial charge on any atom is 0.155 e. The van der Waals surface area contributed by atoms with Gasteiger partial charge in [0.05, 0.1) is 18.1 Å². The first-order valence-electron chi connectivity index (χ1n) is 8.57. The molecule has 7 heteroatoms. The molecule has 0 radical (unpaired) electrons. The van der Waals surface area contributed by atoms with E-state index in [1.807, 2.05) is 34.8 Å². The first-order chi connectivity index (χ1) is 12.9. The van der Waals surface area contributed by atoms with E-state index in [-0.39, 0.29) is 0 Å². The summed E-state index contributed by atoms with van der Waals surface area (Å²) < 4.78 is 7.41. The molecule has 0 saturated carbocycles.